The number of piperidine rings is 1. The van der Waals surface area contributed by atoms with Gasteiger partial charge >= 0.3 is 0 Å². The molecule has 90 valence electrons. The Morgan fingerprint density at radius 3 is 3.00 bits per heavy atom. The molecule has 3 aliphatic rings. The van der Waals surface area contributed by atoms with Crippen molar-refractivity contribution in [3.63, 3.8) is 0 Å². The highest BCUT2D eigenvalue weighted by Crippen LogP contribution is 2.40. The molecule has 1 heteroatoms. The number of hydrogen-bond donors (Lipinski definition) is 1. The Bertz CT molecular complexity index is 317. The molecule has 0 aromatic carbocycles. The lowest BCUT2D eigenvalue weighted by atomic mass is 9.74. The molecule has 2 aliphatic heterocycles. The van der Waals surface area contributed by atoms with Crippen LogP contribution in [0, 0.1) is 5.92 Å². The van der Waals surface area contributed by atoms with Crippen molar-refractivity contribution in [2.45, 2.75) is 64.3 Å². The summed E-state index contributed by atoms with van der Waals surface area (Å²) in [4.78, 5) is 1.92. The van der Waals surface area contributed by atoms with Crippen LogP contribution in [0.25, 0.3) is 0 Å². The van der Waals surface area contributed by atoms with Crippen molar-refractivity contribution in [1.29, 1.82) is 0 Å². The van der Waals surface area contributed by atoms with Crippen LogP contribution in [-0.4, -0.2) is 18.6 Å². The standard InChI is InChI=1S/C15H25N/c1-3-12-7-9-15(2)14-6-4-5-13(14)8-10-16(15)11-12/h12H,3-11H2,1-2H3/p+1/t12-,15+/m0/s1. The van der Waals surface area contributed by atoms with Crippen molar-refractivity contribution in [2.24, 2.45) is 5.92 Å². The van der Waals surface area contributed by atoms with E-state index in [1.807, 2.05) is 16.0 Å². The second-order valence-corrected chi connectivity index (χ2v) is 6.39. The molecule has 1 aliphatic carbocycles. The largest absolute Gasteiger partial charge is 0.326 e. The van der Waals surface area contributed by atoms with Crippen molar-refractivity contribution < 1.29 is 4.90 Å². The van der Waals surface area contributed by atoms with Gasteiger partial charge in [-0.05, 0) is 44.6 Å². The fourth-order valence-corrected chi connectivity index (χ4v) is 4.49. The Balaban J connectivity index is 1.87. The third kappa shape index (κ3) is 1.48. The highest BCUT2D eigenvalue weighted by Gasteiger charge is 2.47. The molecule has 1 saturated heterocycles. The quantitative estimate of drug-likeness (QED) is 0.647. The summed E-state index contributed by atoms with van der Waals surface area (Å²) in [5, 5.41) is 0. The van der Waals surface area contributed by atoms with Gasteiger partial charge in [0.1, 0.15) is 5.54 Å². The molecule has 2 heterocycles. The third-order valence-corrected chi connectivity index (χ3v) is 5.67. The monoisotopic (exact) mass is 220 g/mol. The predicted molar refractivity (Wildman–Crippen MR) is 67.6 cm³/mol. The number of rotatable bonds is 1. The van der Waals surface area contributed by atoms with E-state index in [1.54, 1.807) is 0 Å². The minimum atomic E-state index is 0.551. The average molecular weight is 220 g/mol. The minimum absolute atomic E-state index is 0.551. The Kier molecular flexibility index (Phi) is 2.62. The molecule has 1 unspecified atom stereocenters. The number of quaternary nitrogens is 1. The zero-order chi connectivity index (χ0) is 11.2. The summed E-state index contributed by atoms with van der Waals surface area (Å²) in [7, 11) is 0. The van der Waals surface area contributed by atoms with Crippen LogP contribution in [0.15, 0.2) is 11.1 Å². The van der Waals surface area contributed by atoms with Crippen LogP contribution in [-0.2, 0) is 0 Å². The molecule has 1 fully saturated rings. The van der Waals surface area contributed by atoms with Crippen molar-refractivity contribution in [2.75, 3.05) is 13.1 Å². The molecule has 0 radical (unpaired) electrons. The zero-order valence-electron chi connectivity index (χ0n) is 10.9. The first-order valence-electron chi connectivity index (χ1n) is 7.30. The summed E-state index contributed by atoms with van der Waals surface area (Å²) >= 11 is 0. The van der Waals surface area contributed by atoms with Gasteiger partial charge < -0.3 is 4.90 Å². The fourth-order valence-electron chi connectivity index (χ4n) is 4.49. The summed E-state index contributed by atoms with van der Waals surface area (Å²) in [6, 6.07) is 0. The lowest BCUT2D eigenvalue weighted by molar-refractivity contribution is -0.955. The maximum absolute atomic E-state index is 2.56. The molecule has 0 aromatic heterocycles. The lowest BCUT2D eigenvalue weighted by Gasteiger charge is -2.48. The maximum atomic E-state index is 2.56. The van der Waals surface area contributed by atoms with Crippen LogP contribution in [0.1, 0.15) is 58.8 Å². The van der Waals surface area contributed by atoms with Gasteiger partial charge in [-0.1, -0.05) is 12.5 Å². The smallest absolute Gasteiger partial charge is 0.117 e. The van der Waals surface area contributed by atoms with Gasteiger partial charge in [-0.3, -0.25) is 0 Å². The Morgan fingerprint density at radius 2 is 2.19 bits per heavy atom. The van der Waals surface area contributed by atoms with Crippen molar-refractivity contribution in [1.82, 2.24) is 0 Å². The molecule has 0 spiro atoms. The molecule has 0 saturated carbocycles. The molecule has 16 heavy (non-hydrogen) atoms. The lowest BCUT2D eigenvalue weighted by Crippen LogP contribution is -3.22. The number of nitrogens with one attached hydrogen (secondary N) is 1. The van der Waals surface area contributed by atoms with Crippen LogP contribution in [0.2, 0.25) is 0 Å². The van der Waals surface area contributed by atoms with Crippen molar-refractivity contribution in [3.8, 4) is 0 Å². The second kappa shape index (κ2) is 3.87. The summed E-state index contributed by atoms with van der Waals surface area (Å²) < 4.78 is 0. The Morgan fingerprint density at radius 1 is 1.31 bits per heavy atom. The minimum Gasteiger partial charge on any atom is -0.326 e. The topological polar surface area (TPSA) is 4.44 Å². The third-order valence-electron chi connectivity index (χ3n) is 5.67. The van der Waals surface area contributed by atoms with Gasteiger partial charge in [-0.15, -0.1) is 0 Å². The average Bonchev–Trinajstić information content (AvgIpc) is 2.77. The first kappa shape index (κ1) is 10.8. The van der Waals surface area contributed by atoms with Gasteiger partial charge in [0.2, 0.25) is 0 Å². The molecule has 1 N–H and O–H groups in total. The van der Waals surface area contributed by atoms with E-state index in [-0.39, 0.29) is 0 Å². The van der Waals surface area contributed by atoms with Gasteiger partial charge in [-0.25, -0.2) is 0 Å². The normalized spacial score (nSPS) is 43.1. The summed E-state index contributed by atoms with van der Waals surface area (Å²) in [5.74, 6) is 1.01. The van der Waals surface area contributed by atoms with E-state index in [0.29, 0.717) is 5.54 Å². The Labute approximate surface area is 99.9 Å². The molecule has 1 nitrogen and oxygen atoms in total. The highest BCUT2D eigenvalue weighted by atomic mass is 15.2. The van der Waals surface area contributed by atoms with Gasteiger partial charge in [0.05, 0.1) is 13.1 Å². The molecular formula is C15H26N+. The van der Waals surface area contributed by atoms with E-state index >= 15 is 0 Å². The summed E-state index contributed by atoms with van der Waals surface area (Å²) in [6.07, 6.45) is 10.0. The van der Waals surface area contributed by atoms with Gasteiger partial charge in [0.25, 0.3) is 0 Å². The van der Waals surface area contributed by atoms with Gasteiger partial charge in [-0.2, -0.15) is 0 Å². The van der Waals surface area contributed by atoms with E-state index in [0.717, 1.165) is 5.92 Å². The van der Waals surface area contributed by atoms with Crippen LogP contribution < -0.4 is 4.90 Å². The number of hydrogen-bond acceptors (Lipinski definition) is 0. The summed E-state index contributed by atoms with van der Waals surface area (Å²) in [5.41, 5.74) is 4.31. The predicted octanol–water partition coefficient (Wildman–Crippen LogP) is 2.33. The van der Waals surface area contributed by atoms with Crippen LogP contribution >= 0.6 is 0 Å². The van der Waals surface area contributed by atoms with Crippen LogP contribution in [0.3, 0.4) is 0 Å². The molecule has 0 bridgehead atoms. The van der Waals surface area contributed by atoms with Crippen molar-refractivity contribution in [3.05, 3.63) is 11.1 Å². The van der Waals surface area contributed by atoms with E-state index in [9.17, 15) is 0 Å². The molecule has 0 amide bonds. The first-order chi connectivity index (χ1) is 7.74. The van der Waals surface area contributed by atoms with Gasteiger partial charge in [0, 0.05) is 18.8 Å². The SMILES string of the molecule is CC[C@H]1CC[C@]2(C)C3=C(CCC3)CC[NH+]2C1. The molecular weight excluding hydrogens is 194 g/mol. The number of fused-ring (bicyclic) bond motifs is 2. The van der Waals surface area contributed by atoms with E-state index < -0.39 is 0 Å². The molecule has 0 aromatic rings. The summed E-state index contributed by atoms with van der Waals surface area (Å²) in [6.45, 7) is 7.81. The molecule has 3 atom stereocenters. The van der Waals surface area contributed by atoms with E-state index in [2.05, 4.69) is 13.8 Å². The maximum Gasteiger partial charge on any atom is 0.117 e. The first-order valence-corrected chi connectivity index (χ1v) is 7.30. The van der Waals surface area contributed by atoms with Crippen LogP contribution in [0.5, 0.6) is 0 Å². The molecule has 3 rings (SSSR count). The fraction of sp³-hybridized carbons (Fsp3) is 0.867. The van der Waals surface area contributed by atoms with Crippen LogP contribution in [0.4, 0.5) is 0 Å². The Hall–Kier alpha value is -0.300. The van der Waals surface area contributed by atoms with E-state index in [4.69, 9.17) is 0 Å². The van der Waals surface area contributed by atoms with Gasteiger partial charge in [0.15, 0.2) is 0 Å². The van der Waals surface area contributed by atoms with Crippen molar-refractivity contribution >= 4 is 0 Å². The zero-order valence-corrected chi connectivity index (χ0v) is 10.9. The highest BCUT2D eigenvalue weighted by molar-refractivity contribution is 5.29. The second-order valence-electron chi connectivity index (χ2n) is 6.39. The van der Waals surface area contributed by atoms with E-state index in [1.165, 1.54) is 58.0 Å².